The van der Waals surface area contributed by atoms with Crippen LogP contribution in [-0.2, 0) is 4.74 Å². The Morgan fingerprint density at radius 2 is 2.21 bits per heavy atom. The average Bonchev–Trinajstić information content (AvgIpc) is 3.19. The summed E-state index contributed by atoms with van der Waals surface area (Å²) >= 11 is 0. The molecule has 7 heteroatoms. The normalized spacial score (nSPS) is 11.8. The van der Waals surface area contributed by atoms with Crippen LogP contribution in [0, 0.1) is 18.3 Å². The number of aryl methyl sites for hydroxylation is 1. The molecule has 3 aromatic rings. The van der Waals surface area contributed by atoms with Gasteiger partial charge < -0.3 is 19.2 Å². The van der Waals surface area contributed by atoms with Crippen molar-refractivity contribution in [3.8, 4) is 6.07 Å². The Hall–Kier alpha value is -3.53. The first-order valence-corrected chi connectivity index (χ1v) is 7.08. The molecule has 2 N–H and O–H groups in total. The number of aliphatic hydroxyl groups excluding tert-OH is 1. The number of carbonyl (C=O) groups excluding carboxylic acids is 1. The molecule has 0 fully saturated rings. The minimum absolute atomic E-state index is 0.0806. The number of allylic oxidation sites excluding steroid dienone is 1. The summed E-state index contributed by atoms with van der Waals surface area (Å²) in [5.41, 5.74) is 1.59. The minimum Gasteiger partial charge on any atom is -0.507 e. The van der Waals surface area contributed by atoms with E-state index >= 15 is 0 Å². The number of nitrogens with zero attached hydrogens (tertiary/aromatic N) is 2. The molecule has 0 radical (unpaired) electrons. The lowest BCUT2D eigenvalue weighted by molar-refractivity contribution is 0.0501. The van der Waals surface area contributed by atoms with Crippen LogP contribution in [0.2, 0.25) is 0 Å². The van der Waals surface area contributed by atoms with Crippen molar-refractivity contribution in [3.63, 3.8) is 0 Å². The molecule has 0 saturated heterocycles. The lowest BCUT2D eigenvalue weighted by atomic mass is 10.2. The second-order valence-electron chi connectivity index (χ2n) is 5.00. The van der Waals surface area contributed by atoms with E-state index in [4.69, 9.17) is 9.15 Å². The molecule has 0 aliphatic carbocycles. The van der Waals surface area contributed by atoms with E-state index in [0.717, 1.165) is 5.52 Å². The summed E-state index contributed by atoms with van der Waals surface area (Å²) in [6.45, 7) is 1.19. The van der Waals surface area contributed by atoms with Gasteiger partial charge in [0.05, 0.1) is 17.3 Å². The molecule has 1 aromatic carbocycles. The average molecular weight is 323 g/mol. The third-order valence-corrected chi connectivity index (χ3v) is 3.45. The van der Waals surface area contributed by atoms with Gasteiger partial charge in [0.2, 0.25) is 0 Å². The van der Waals surface area contributed by atoms with Gasteiger partial charge in [-0.1, -0.05) is 12.1 Å². The Kier molecular flexibility index (Phi) is 4.03. The summed E-state index contributed by atoms with van der Waals surface area (Å²) in [7, 11) is 0. The number of carbonyl (C=O) groups is 1. The Morgan fingerprint density at radius 1 is 1.42 bits per heavy atom. The van der Waals surface area contributed by atoms with Crippen LogP contribution in [0.15, 0.2) is 46.8 Å². The van der Waals surface area contributed by atoms with E-state index < -0.39 is 12.6 Å². The summed E-state index contributed by atoms with van der Waals surface area (Å²) in [5.74, 6) is -0.395. The number of furan rings is 1. The van der Waals surface area contributed by atoms with E-state index in [9.17, 15) is 15.2 Å². The van der Waals surface area contributed by atoms with Crippen molar-refractivity contribution in [2.24, 2.45) is 0 Å². The quantitative estimate of drug-likeness (QED) is 0.433. The van der Waals surface area contributed by atoms with Gasteiger partial charge in [0, 0.05) is 0 Å². The van der Waals surface area contributed by atoms with Gasteiger partial charge in [-0.15, -0.1) is 0 Å². The van der Waals surface area contributed by atoms with Gasteiger partial charge >= 0.3 is 5.97 Å². The van der Waals surface area contributed by atoms with Crippen LogP contribution in [0.3, 0.4) is 0 Å². The van der Waals surface area contributed by atoms with E-state index in [1.54, 1.807) is 19.1 Å². The lowest BCUT2D eigenvalue weighted by Gasteiger charge is -2.04. The van der Waals surface area contributed by atoms with Gasteiger partial charge in [-0.25, -0.2) is 9.78 Å². The number of nitrogens with one attached hydrogen (secondary N) is 1. The molecule has 2 heterocycles. The van der Waals surface area contributed by atoms with Crippen LogP contribution < -0.4 is 0 Å². The highest BCUT2D eigenvalue weighted by atomic mass is 16.5. The number of ether oxygens (including phenoxy) is 1. The Morgan fingerprint density at radius 3 is 2.88 bits per heavy atom. The number of esters is 1. The number of aromatic nitrogens is 2. The molecule has 0 unspecified atom stereocenters. The number of imidazole rings is 1. The first kappa shape index (κ1) is 15.4. The number of para-hydroxylation sites is 2. The van der Waals surface area contributed by atoms with Gasteiger partial charge in [0.1, 0.15) is 29.6 Å². The SMILES string of the molecule is Cc1occc1C(=O)OC/C(O)=C(\C#N)c1nc2ccccc2[nH]1. The first-order chi connectivity index (χ1) is 11.6. The van der Waals surface area contributed by atoms with E-state index in [0.29, 0.717) is 11.3 Å². The van der Waals surface area contributed by atoms with Crippen molar-refractivity contribution in [1.29, 1.82) is 5.26 Å². The predicted octanol–water partition coefficient (Wildman–Crippen LogP) is 3.11. The number of nitriles is 1. The number of aliphatic hydroxyl groups is 1. The fourth-order valence-electron chi connectivity index (χ4n) is 2.21. The first-order valence-electron chi connectivity index (χ1n) is 7.08. The monoisotopic (exact) mass is 323 g/mol. The fourth-order valence-corrected chi connectivity index (χ4v) is 2.21. The van der Waals surface area contributed by atoms with Gasteiger partial charge in [0.25, 0.3) is 0 Å². The molecule has 0 amide bonds. The summed E-state index contributed by atoms with van der Waals surface area (Å²) in [6.07, 6.45) is 1.37. The highest BCUT2D eigenvalue weighted by molar-refractivity contribution is 5.90. The van der Waals surface area contributed by atoms with E-state index in [1.165, 1.54) is 12.3 Å². The number of rotatable bonds is 4. The summed E-state index contributed by atoms with van der Waals surface area (Å²) < 4.78 is 10.0. The molecular weight excluding hydrogens is 310 g/mol. The predicted molar refractivity (Wildman–Crippen MR) is 85.0 cm³/mol. The third-order valence-electron chi connectivity index (χ3n) is 3.45. The second kappa shape index (κ2) is 6.30. The van der Waals surface area contributed by atoms with Crippen LogP contribution >= 0.6 is 0 Å². The maximum absolute atomic E-state index is 11.9. The maximum atomic E-state index is 11.9. The molecular formula is C17H13N3O4. The molecule has 120 valence electrons. The number of fused-ring (bicyclic) bond motifs is 1. The lowest BCUT2D eigenvalue weighted by Crippen LogP contribution is -2.09. The number of hydrogen-bond acceptors (Lipinski definition) is 6. The Bertz CT molecular complexity index is 942. The molecule has 3 rings (SSSR count). The van der Waals surface area contributed by atoms with Crippen molar-refractivity contribution in [3.05, 3.63) is 59.5 Å². The highest BCUT2D eigenvalue weighted by Gasteiger charge is 2.17. The number of aromatic amines is 1. The molecule has 0 aliphatic heterocycles. The van der Waals surface area contributed by atoms with Crippen molar-refractivity contribution >= 4 is 22.6 Å². The molecule has 0 bridgehead atoms. The topological polar surface area (TPSA) is 112 Å². The van der Waals surface area contributed by atoms with Gasteiger partial charge in [-0.3, -0.25) is 0 Å². The smallest absolute Gasteiger partial charge is 0.342 e. The minimum atomic E-state index is -0.644. The van der Waals surface area contributed by atoms with Crippen LogP contribution in [0.4, 0.5) is 0 Å². The molecule has 0 aliphatic rings. The molecule has 0 saturated carbocycles. The number of hydrogen-bond donors (Lipinski definition) is 2. The van der Waals surface area contributed by atoms with Gasteiger partial charge in [-0.2, -0.15) is 5.26 Å². The number of benzene rings is 1. The van der Waals surface area contributed by atoms with Crippen LogP contribution in [0.5, 0.6) is 0 Å². The standard InChI is InChI=1S/C17H13N3O4/c1-10-11(6-7-23-10)17(22)24-9-15(21)12(8-18)16-19-13-4-2-3-5-14(13)20-16/h2-7,21H,9H2,1H3,(H,19,20)/b15-12-. The van der Waals surface area contributed by atoms with Crippen LogP contribution in [-0.4, -0.2) is 27.7 Å². The third kappa shape index (κ3) is 2.85. The molecule has 7 nitrogen and oxygen atoms in total. The maximum Gasteiger partial charge on any atom is 0.342 e. The zero-order chi connectivity index (χ0) is 17.1. The van der Waals surface area contributed by atoms with E-state index in [1.807, 2.05) is 18.2 Å². The van der Waals surface area contributed by atoms with Gasteiger partial charge in [0.15, 0.2) is 11.6 Å². The van der Waals surface area contributed by atoms with Crippen LogP contribution in [0.1, 0.15) is 21.9 Å². The van der Waals surface area contributed by atoms with Crippen molar-refractivity contribution in [2.45, 2.75) is 6.92 Å². The summed E-state index contributed by atoms with van der Waals surface area (Å²) in [5, 5.41) is 19.4. The zero-order valence-corrected chi connectivity index (χ0v) is 12.7. The van der Waals surface area contributed by atoms with E-state index in [-0.39, 0.29) is 22.7 Å². The van der Waals surface area contributed by atoms with Crippen molar-refractivity contribution in [2.75, 3.05) is 6.61 Å². The molecule has 24 heavy (non-hydrogen) atoms. The fraction of sp³-hybridized carbons (Fsp3) is 0.118. The number of H-pyrrole nitrogens is 1. The second-order valence-corrected chi connectivity index (χ2v) is 5.00. The van der Waals surface area contributed by atoms with Crippen molar-refractivity contribution in [1.82, 2.24) is 9.97 Å². The zero-order valence-electron chi connectivity index (χ0n) is 12.7. The molecule has 0 spiro atoms. The Balaban J connectivity index is 1.81. The largest absolute Gasteiger partial charge is 0.507 e. The summed E-state index contributed by atoms with van der Waals surface area (Å²) in [4.78, 5) is 19.1. The van der Waals surface area contributed by atoms with E-state index in [2.05, 4.69) is 9.97 Å². The highest BCUT2D eigenvalue weighted by Crippen LogP contribution is 2.19. The van der Waals surface area contributed by atoms with Crippen LogP contribution in [0.25, 0.3) is 16.6 Å². The summed E-state index contributed by atoms with van der Waals surface area (Å²) in [6, 6.07) is 10.6. The van der Waals surface area contributed by atoms with Crippen molar-refractivity contribution < 1.29 is 19.1 Å². The molecule has 2 aromatic heterocycles. The Labute approximate surface area is 136 Å². The molecule has 0 atom stereocenters. The van der Waals surface area contributed by atoms with Gasteiger partial charge in [-0.05, 0) is 25.1 Å².